The van der Waals surface area contributed by atoms with E-state index in [1.165, 1.54) is 5.56 Å². The van der Waals surface area contributed by atoms with E-state index < -0.39 is 0 Å². The van der Waals surface area contributed by atoms with Crippen LogP contribution in [0.3, 0.4) is 0 Å². The number of aromatic hydroxyl groups is 1. The summed E-state index contributed by atoms with van der Waals surface area (Å²) in [4.78, 5) is 8.00. The molecule has 0 aromatic heterocycles. The maximum absolute atomic E-state index is 9.10. The maximum atomic E-state index is 9.10. The first-order valence-electron chi connectivity index (χ1n) is 7.23. The Hall–Kier alpha value is -1.39. The van der Waals surface area contributed by atoms with Gasteiger partial charge in [0, 0.05) is 0 Å². The second-order valence-corrected chi connectivity index (χ2v) is 5.54. The molecule has 2 aliphatic rings. The SMILES string of the molecule is C1CO1.C=O.CC1CO1.CCC(C)(C)c1ccc(O)cc1. The fourth-order valence-electron chi connectivity index (χ4n) is 1.21. The third kappa shape index (κ3) is 11.0. The van der Waals surface area contributed by atoms with E-state index in [1.807, 2.05) is 18.9 Å². The van der Waals surface area contributed by atoms with Crippen molar-refractivity contribution < 1.29 is 19.4 Å². The number of carbonyl (C=O) groups is 1. The van der Waals surface area contributed by atoms with Crippen LogP contribution in [0.5, 0.6) is 5.75 Å². The van der Waals surface area contributed by atoms with E-state index in [4.69, 9.17) is 14.6 Å². The van der Waals surface area contributed by atoms with Gasteiger partial charge in [-0.2, -0.15) is 0 Å². The summed E-state index contributed by atoms with van der Waals surface area (Å²) in [5.74, 6) is 0.339. The van der Waals surface area contributed by atoms with Gasteiger partial charge in [0.1, 0.15) is 12.5 Å². The summed E-state index contributed by atoms with van der Waals surface area (Å²) in [6.07, 6.45) is 1.69. The number of hydrogen-bond acceptors (Lipinski definition) is 4. The van der Waals surface area contributed by atoms with E-state index in [0.29, 0.717) is 11.9 Å². The molecule has 0 saturated carbocycles. The van der Waals surface area contributed by atoms with Crippen molar-refractivity contribution in [1.29, 1.82) is 0 Å². The number of benzene rings is 1. The highest BCUT2D eigenvalue weighted by Gasteiger charge is 2.17. The van der Waals surface area contributed by atoms with Crippen molar-refractivity contribution in [3.63, 3.8) is 0 Å². The van der Waals surface area contributed by atoms with Crippen LogP contribution in [-0.2, 0) is 19.7 Å². The maximum Gasteiger partial charge on any atom is 0.115 e. The Morgan fingerprint density at radius 1 is 1.24 bits per heavy atom. The van der Waals surface area contributed by atoms with Gasteiger partial charge in [-0.15, -0.1) is 0 Å². The van der Waals surface area contributed by atoms with Crippen molar-refractivity contribution >= 4 is 6.79 Å². The van der Waals surface area contributed by atoms with Gasteiger partial charge in [-0.1, -0.05) is 32.9 Å². The van der Waals surface area contributed by atoms with Crippen LogP contribution in [0, 0.1) is 0 Å². The third-order valence-electron chi connectivity index (χ3n) is 3.24. The molecular formula is C17H28O4. The van der Waals surface area contributed by atoms with E-state index in [1.54, 1.807) is 12.1 Å². The van der Waals surface area contributed by atoms with Crippen LogP contribution in [-0.4, -0.2) is 37.8 Å². The van der Waals surface area contributed by atoms with Crippen LogP contribution >= 0.6 is 0 Å². The van der Waals surface area contributed by atoms with Crippen LogP contribution in [0.25, 0.3) is 0 Å². The van der Waals surface area contributed by atoms with Crippen molar-refractivity contribution in [1.82, 2.24) is 0 Å². The Kier molecular flexibility index (Phi) is 9.67. The first-order chi connectivity index (χ1) is 9.95. The lowest BCUT2D eigenvalue weighted by atomic mass is 9.82. The summed E-state index contributed by atoms with van der Waals surface area (Å²) in [6, 6.07) is 7.46. The molecular weight excluding hydrogens is 268 g/mol. The minimum atomic E-state index is 0.216. The fraction of sp³-hybridized carbons (Fsp3) is 0.588. The topological polar surface area (TPSA) is 62.4 Å². The number of epoxide rings is 2. The first kappa shape index (κ1) is 19.6. The molecule has 3 rings (SSSR count). The highest BCUT2D eigenvalue weighted by atomic mass is 16.6. The quantitative estimate of drug-likeness (QED) is 0.850. The molecule has 2 saturated heterocycles. The molecule has 1 aromatic carbocycles. The van der Waals surface area contributed by atoms with Gasteiger partial charge in [-0.3, -0.25) is 0 Å². The lowest BCUT2D eigenvalue weighted by Crippen LogP contribution is -2.14. The van der Waals surface area contributed by atoms with Crippen LogP contribution < -0.4 is 0 Å². The molecule has 4 nitrogen and oxygen atoms in total. The summed E-state index contributed by atoms with van der Waals surface area (Å²) in [5, 5.41) is 9.10. The van der Waals surface area contributed by atoms with Crippen LogP contribution in [0.1, 0.15) is 39.7 Å². The Balaban J connectivity index is 0.000000358. The van der Waals surface area contributed by atoms with E-state index in [-0.39, 0.29) is 5.41 Å². The average molecular weight is 296 g/mol. The van der Waals surface area contributed by atoms with Crippen LogP contribution in [0.4, 0.5) is 0 Å². The highest BCUT2D eigenvalue weighted by molar-refractivity contribution is 5.30. The van der Waals surface area contributed by atoms with Crippen molar-refractivity contribution in [3.8, 4) is 5.75 Å². The molecule has 0 aliphatic carbocycles. The van der Waals surface area contributed by atoms with E-state index >= 15 is 0 Å². The van der Waals surface area contributed by atoms with E-state index in [0.717, 1.165) is 26.2 Å². The average Bonchev–Trinajstić information content (AvgIpc) is 3.37. The Morgan fingerprint density at radius 3 is 1.86 bits per heavy atom. The normalized spacial score (nSPS) is 17.8. The van der Waals surface area contributed by atoms with Gasteiger partial charge in [0.15, 0.2) is 0 Å². The van der Waals surface area contributed by atoms with Gasteiger partial charge in [-0.25, -0.2) is 0 Å². The minimum absolute atomic E-state index is 0.216. The first-order valence-corrected chi connectivity index (χ1v) is 7.23. The molecule has 2 heterocycles. The molecule has 1 atom stereocenters. The molecule has 2 aliphatic heterocycles. The molecule has 1 aromatic rings. The second kappa shape index (κ2) is 10.4. The fourth-order valence-corrected chi connectivity index (χ4v) is 1.21. The van der Waals surface area contributed by atoms with Crippen molar-refractivity contribution in [3.05, 3.63) is 29.8 Å². The number of hydrogen-bond donors (Lipinski definition) is 1. The number of ether oxygens (including phenoxy) is 2. The number of carbonyl (C=O) groups excluding carboxylic acids is 1. The summed E-state index contributed by atoms with van der Waals surface area (Å²) in [5.41, 5.74) is 1.50. The predicted octanol–water partition coefficient (Wildman–Crippen LogP) is 3.32. The summed E-state index contributed by atoms with van der Waals surface area (Å²) < 4.78 is 9.21. The zero-order chi connectivity index (χ0) is 16.3. The second-order valence-electron chi connectivity index (χ2n) is 5.54. The van der Waals surface area contributed by atoms with Crippen LogP contribution in [0.15, 0.2) is 24.3 Å². The molecule has 0 bridgehead atoms. The van der Waals surface area contributed by atoms with Crippen molar-refractivity contribution in [2.75, 3.05) is 19.8 Å². The molecule has 0 radical (unpaired) electrons. The lowest BCUT2D eigenvalue weighted by Gasteiger charge is -2.22. The van der Waals surface area contributed by atoms with Gasteiger partial charge >= 0.3 is 0 Å². The molecule has 0 amide bonds. The number of phenols is 1. The largest absolute Gasteiger partial charge is 0.508 e. The number of rotatable bonds is 2. The molecule has 2 fully saturated rings. The van der Waals surface area contributed by atoms with Gasteiger partial charge in [0.2, 0.25) is 0 Å². The molecule has 1 unspecified atom stereocenters. The molecule has 0 spiro atoms. The molecule has 21 heavy (non-hydrogen) atoms. The highest BCUT2D eigenvalue weighted by Crippen LogP contribution is 2.27. The zero-order valence-electron chi connectivity index (χ0n) is 13.6. The molecule has 120 valence electrons. The minimum Gasteiger partial charge on any atom is -0.508 e. The number of phenolic OH excluding ortho intramolecular Hbond substituents is 1. The lowest BCUT2D eigenvalue weighted by molar-refractivity contribution is -0.0979. The van der Waals surface area contributed by atoms with Gasteiger partial charge < -0.3 is 19.4 Å². The van der Waals surface area contributed by atoms with E-state index in [2.05, 4.69) is 32.4 Å². The molecule has 1 N–H and O–H groups in total. The summed E-state index contributed by atoms with van der Waals surface area (Å²) in [6.45, 7) is 13.6. The van der Waals surface area contributed by atoms with E-state index in [9.17, 15) is 0 Å². The van der Waals surface area contributed by atoms with Gasteiger partial charge in [-0.05, 0) is 36.5 Å². The Bertz CT molecular complexity index is 364. The Morgan fingerprint density at radius 2 is 1.62 bits per heavy atom. The van der Waals surface area contributed by atoms with Crippen molar-refractivity contribution in [2.45, 2.75) is 45.6 Å². The van der Waals surface area contributed by atoms with Crippen molar-refractivity contribution in [2.24, 2.45) is 0 Å². The molecule has 4 heteroatoms. The summed E-state index contributed by atoms with van der Waals surface area (Å²) in [7, 11) is 0. The smallest absolute Gasteiger partial charge is 0.115 e. The van der Waals surface area contributed by atoms with Gasteiger partial charge in [0.25, 0.3) is 0 Å². The van der Waals surface area contributed by atoms with Gasteiger partial charge in [0.05, 0.1) is 25.9 Å². The monoisotopic (exact) mass is 296 g/mol. The standard InChI is InChI=1S/C11H16O.C3H6O.C2H4O.CH2O/c1-4-11(2,3)9-5-7-10(12)8-6-9;1-3-2-4-3;1-2-3-1;1-2/h5-8,12H,4H2,1-3H3;3H,2H2,1H3;1-2H2;1H2. The summed E-state index contributed by atoms with van der Waals surface area (Å²) >= 11 is 0. The predicted molar refractivity (Wildman–Crippen MR) is 84.8 cm³/mol. The Labute approximate surface area is 128 Å². The third-order valence-corrected chi connectivity index (χ3v) is 3.24. The van der Waals surface area contributed by atoms with Crippen LogP contribution in [0.2, 0.25) is 0 Å². The zero-order valence-corrected chi connectivity index (χ0v) is 13.6.